The van der Waals surface area contributed by atoms with Crippen molar-refractivity contribution in [2.75, 3.05) is 0 Å². The van der Waals surface area contributed by atoms with Gasteiger partial charge in [0.1, 0.15) is 5.92 Å². The molecule has 2 amide bonds. The van der Waals surface area contributed by atoms with Crippen LogP contribution in [0.15, 0.2) is 54.6 Å². The van der Waals surface area contributed by atoms with Crippen LogP contribution in [0.3, 0.4) is 0 Å². The maximum Gasteiger partial charge on any atom is 0.437 e. The Morgan fingerprint density at radius 1 is 1.00 bits per heavy atom. The summed E-state index contributed by atoms with van der Waals surface area (Å²) >= 11 is 0. The molecule has 1 saturated heterocycles. The third-order valence-corrected chi connectivity index (χ3v) is 4.65. The third-order valence-electron chi connectivity index (χ3n) is 4.65. The van der Waals surface area contributed by atoms with Gasteiger partial charge in [0.05, 0.1) is 12.0 Å². The summed E-state index contributed by atoms with van der Waals surface area (Å²) in [7, 11) is 0. The molecule has 0 aliphatic carbocycles. The average Bonchev–Trinajstić information content (AvgIpc) is 2.67. The highest BCUT2D eigenvalue weighted by molar-refractivity contribution is 6.00. The van der Waals surface area contributed by atoms with E-state index < -0.39 is 41.6 Å². The van der Waals surface area contributed by atoms with Crippen molar-refractivity contribution in [1.82, 2.24) is 10.6 Å². The molecule has 2 aromatic rings. The molecular weight excluding hydrogens is 393 g/mol. The fourth-order valence-corrected chi connectivity index (χ4v) is 3.23. The van der Waals surface area contributed by atoms with Gasteiger partial charge in [0.15, 0.2) is 5.78 Å². The lowest BCUT2D eigenvalue weighted by Crippen LogP contribution is -2.72. The zero-order chi connectivity index (χ0) is 21.4. The number of carbonyl (C=O) groups excluding carboxylic acids is 3. The molecular formula is C19H14F3N2O5-. The predicted molar refractivity (Wildman–Crippen MR) is 90.4 cm³/mol. The molecule has 0 spiro atoms. The van der Waals surface area contributed by atoms with E-state index >= 15 is 0 Å². The van der Waals surface area contributed by atoms with Gasteiger partial charge in [0, 0.05) is 5.56 Å². The van der Waals surface area contributed by atoms with Crippen molar-refractivity contribution in [3.63, 3.8) is 0 Å². The van der Waals surface area contributed by atoms with Crippen molar-refractivity contribution >= 4 is 17.8 Å². The van der Waals surface area contributed by atoms with Gasteiger partial charge < -0.3 is 25.6 Å². The fourth-order valence-electron chi connectivity index (χ4n) is 3.23. The number of carboxylic acid groups (broad SMARTS) is 1. The number of urea groups is 1. The van der Waals surface area contributed by atoms with Crippen LogP contribution in [0.5, 0.6) is 0 Å². The van der Waals surface area contributed by atoms with Crippen LogP contribution in [0.2, 0.25) is 0 Å². The van der Waals surface area contributed by atoms with Crippen LogP contribution in [0, 0.1) is 5.92 Å². The Bertz CT molecular complexity index is 947. The summed E-state index contributed by atoms with van der Waals surface area (Å²) in [4.78, 5) is 35.8. The van der Waals surface area contributed by atoms with Crippen LogP contribution < -0.4 is 15.7 Å². The molecule has 0 saturated carbocycles. The first-order chi connectivity index (χ1) is 13.5. The largest absolute Gasteiger partial charge is 0.545 e. The molecule has 2 aromatic carbocycles. The summed E-state index contributed by atoms with van der Waals surface area (Å²) in [5.41, 5.74) is -4.19. The quantitative estimate of drug-likeness (QED) is 0.658. The smallest absolute Gasteiger partial charge is 0.437 e. The summed E-state index contributed by atoms with van der Waals surface area (Å²) in [5.74, 6) is -4.75. The summed E-state index contributed by atoms with van der Waals surface area (Å²) in [6.07, 6.45) is -5.37. The van der Waals surface area contributed by atoms with Crippen LogP contribution in [0.4, 0.5) is 18.0 Å². The number of Topliss-reactive ketones (excluding diaryl/α,β-unsaturated/α-hetero) is 1. The second kappa shape index (κ2) is 7.21. The van der Waals surface area contributed by atoms with Crippen LogP contribution in [-0.4, -0.2) is 34.8 Å². The lowest BCUT2D eigenvalue weighted by molar-refractivity contribution is -0.287. The van der Waals surface area contributed by atoms with Gasteiger partial charge >= 0.3 is 12.2 Å². The van der Waals surface area contributed by atoms with Gasteiger partial charge in [-0.2, -0.15) is 13.2 Å². The van der Waals surface area contributed by atoms with E-state index in [1.807, 2.05) is 0 Å². The number of alkyl halides is 3. The normalized spacial score (nSPS) is 24.3. The van der Waals surface area contributed by atoms with E-state index in [1.54, 1.807) is 6.07 Å². The number of aliphatic hydroxyl groups is 1. The Labute approximate surface area is 162 Å². The van der Waals surface area contributed by atoms with Crippen molar-refractivity contribution in [3.05, 3.63) is 71.3 Å². The minimum Gasteiger partial charge on any atom is -0.545 e. The molecule has 3 rings (SSSR count). The lowest BCUT2D eigenvalue weighted by Gasteiger charge is -2.45. The Balaban J connectivity index is 2.14. The first-order valence-electron chi connectivity index (χ1n) is 8.33. The number of carbonyl (C=O) groups is 3. The predicted octanol–water partition coefficient (Wildman–Crippen LogP) is 1.15. The maximum absolute atomic E-state index is 13.8. The van der Waals surface area contributed by atoms with Crippen LogP contribution in [0.1, 0.15) is 32.3 Å². The van der Waals surface area contributed by atoms with Crippen molar-refractivity contribution in [3.8, 4) is 0 Å². The summed E-state index contributed by atoms with van der Waals surface area (Å²) in [6, 6.07) is 8.51. The summed E-state index contributed by atoms with van der Waals surface area (Å²) in [5, 5.41) is 25.0. The highest BCUT2D eigenvalue weighted by Crippen LogP contribution is 2.43. The molecule has 29 heavy (non-hydrogen) atoms. The molecule has 0 radical (unpaired) electrons. The Morgan fingerprint density at radius 2 is 1.59 bits per heavy atom. The maximum atomic E-state index is 13.8. The molecule has 10 heteroatoms. The van der Waals surface area contributed by atoms with E-state index in [-0.39, 0.29) is 16.7 Å². The first-order valence-corrected chi connectivity index (χ1v) is 8.33. The summed E-state index contributed by atoms with van der Waals surface area (Å²) < 4.78 is 41.3. The van der Waals surface area contributed by atoms with Gasteiger partial charge in [0.25, 0.3) is 0 Å². The molecule has 152 valence electrons. The molecule has 3 atom stereocenters. The van der Waals surface area contributed by atoms with Gasteiger partial charge in [0.2, 0.25) is 5.72 Å². The van der Waals surface area contributed by atoms with Crippen LogP contribution in [-0.2, 0) is 0 Å². The number of ketones is 1. The van der Waals surface area contributed by atoms with E-state index in [0.717, 1.165) is 24.3 Å². The first kappa shape index (κ1) is 20.3. The van der Waals surface area contributed by atoms with E-state index in [1.165, 1.54) is 29.6 Å². The number of hydrogen-bond acceptors (Lipinski definition) is 5. The third kappa shape index (κ3) is 3.66. The number of amides is 2. The van der Waals surface area contributed by atoms with E-state index in [4.69, 9.17) is 0 Å². The molecule has 7 nitrogen and oxygen atoms in total. The minimum atomic E-state index is -5.37. The van der Waals surface area contributed by atoms with E-state index in [0.29, 0.717) is 0 Å². The molecule has 1 heterocycles. The highest BCUT2D eigenvalue weighted by Gasteiger charge is 2.66. The number of nitrogens with one attached hydrogen (secondary N) is 2. The van der Waals surface area contributed by atoms with Crippen molar-refractivity contribution < 1.29 is 37.8 Å². The molecule has 0 bridgehead atoms. The zero-order valence-electron chi connectivity index (χ0n) is 14.6. The van der Waals surface area contributed by atoms with Crippen molar-refractivity contribution in [2.45, 2.75) is 17.9 Å². The number of benzene rings is 2. The Kier molecular flexibility index (Phi) is 5.05. The number of halogens is 3. The molecule has 3 N–H and O–H groups in total. The van der Waals surface area contributed by atoms with Crippen LogP contribution >= 0.6 is 0 Å². The number of carboxylic acids is 1. The molecule has 0 unspecified atom stereocenters. The van der Waals surface area contributed by atoms with Gasteiger partial charge in [-0.15, -0.1) is 0 Å². The molecule has 1 aliphatic heterocycles. The van der Waals surface area contributed by atoms with Gasteiger partial charge in [-0.05, 0) is 11.1 Å². The lowest BCUT2D eigenvalue weighted by atomic mass is 9.77. The monoisotopic (exact) mass is 407 g/mol. The van der Waals surface area contributed by atoms with E-state index in [2.05, 4.69) is 5.32 Å². The molecule has 1 fully saturated rings. The number of hydrogen-bond donors (Lipinski definition) is 3. The SMILES string of the molecule is O=C1N[C@H](c2ccc(C(=O)[O-])cc2)[C@H](C(=O)c2ccccc2)[C@](O)(C(F)(F)F)N1. The zero-order valence-corrected chi connectivity index (χ0v) is 14.6. The van der Waals surface area contributed by atoms with E-state index in [9.17, 15) is 37.8 Å². The molecule has 1 aliphatic rings. The number of aromatic carboxylic acids is 1. The standard InChI is InChI=1S/C19H15F3N2O5/c20-19(21,22)18(29)13(15(25)11-4-2-1-3-5-11)14(23-17(28)24-18)10-6-8-12(9-7-10)16(26)27/h1-9,13-14,29H,(H,26,27)(H2,23,24,28)/p-1/t13-,14-,18+/m1/s1. The Hall–Kier alpha value is -3.40. The Morgan fingerprint density at radius 3 is 2.10 bits per heavy atom. The topological polar surface area (TPSA) is 119 Å². The fraction of sp³-hybridized carbons (Fsp3) is 0.211. The van der Waals surface area contributed by atoms with Gasteiger partial charge in [-0.1, -0.05) is 54.6 Å². The van der Waals surface area contributed by atoms with Crippen molar-refractivity contribution in [2.24, 2.45) is 5.92 Å². The minimum absolute atomic E-state index is 0.00167. The average molecular weight is 407 g/mol. The van der Waals surface area contributed by atoms with Gasteiger partial charge in [-0.25, -0.2) is 4.79 Å². The second-order valence-electron chi connectivity index (χ2n) is 6.46. The number of rotatable bonds is 4. The highest BCUT2D eigenvalue weighted by atomic mass is 19.4. The van der Waals surface area contributed by atoms with Crippen molar-refractivity contribution in [1.29, 1.82) is 0 Å². The van der Waals surface area contributed by atoms with Crippen LogP contribution in [0.25, 0.3) is 0 Å². The molecule has 0 aromatic heterocycles. The van der Waals surface area contributed by atoms with Gasteiger partial charge in [-0.3, -0.25) is 4.79 Å². The summed E-state index contributed by atoms with van der Waals surface area (Å²) in [6.45, 7) is 0. The second-order valence-corrected chi connectivity index (χ2v) is 6.46.